The quantitative estimate of drug-likeness (QED) is 0.650. The molecular formula is C15H13N3. The summed E-state index contributed by atoms with van der Waals surface area (Å²) in [6, 6.07) is 6.56. The topological polar surface area (TPSA) is 41.6 Å². The van der Waals surface area contributed by atoms with Crippen LogP contribution >= 0.6 is 0 Å². The highest BCUT2D eigenvalue weighted by Gasteiger charge is 2.21. The van der Waals surface area contributed by atoms with Gasteiger partial charge in [0.2, 0.25) is 0 Å². The highest BCUT2D eigenvalue weighted by molar-refractivity contribution is 5.91. The van der Waals surface area contributed by atoms with E-state index in [1.54, 1.807) is 6.33 Å². The molecule has 3 nitrogen and oxygen atoms in total. The largest absolute Gasteiger partial charge is 0.353 e. The molecule has 2 aromatic heterocycles. The molecule has 0 bridgehead atoms. The number of fused-ring (bicyclic) bond motifs is 5. The van der Waals surface area contributed by atoms with Crippen LogP contribution in [-0.2, 0) is 12.8 Å². The van der Waals surface area contributed by atoms with Gasteiger partial charge in [-0.3, -0.25) is 0 Å². The standard InChI is InChI=1S/C15H13N3/c1-9-2-5-13-12(6-9)11-4-3-10-7-16-8-17-14(10)15(11)18-13/h2,5-8,18H,3-4H2,1H3. The van der Waals surface area contributed by atoms with Gasteiger partial charge in [0.15, 0.2) is 0 Å². The van der Waals surface area contributed by atoms with Crippen molar-refractivity contribution in [3.63, 3.8) is 0 Å². The van der Waals surface area contributed by atoms with Crippen LogP contribution in [0.25, 0.3) is 22.3 Å². The molecule has 1 aliphatic rings. The van der Waals surface area contributed by atoms with Crippen molar-refractivity contribution in [3.8, 4) is 11.4 Å². The number of aromatic amines is 1. The number of H-pyrrole nitrogens is 1. The maximum absolute atomic E-state index is 4.44. The van der Waals surface area contributed by atoms with Gasteiger partial charge in [-0.2, -0.15) is 0 Å². The number of nitrogens with one attached hydrogen (secondary N) is 1. The fourth-order valence-corrected chi connectivity index (χ4v) is 2.85. The molecule has 1 N–H and O–H groups in total. The summed E-state index contributed by atoms with van der Waals surface area (Å²) in [4.78, 5) is 12.1. The Labute approximate surface area is 105 Å². The average Bonchev–Trinajstić information content (AvgIpc) is 2.77. The Balaban J connectivity index is 2.08. The average molecular weight is 235 g/mol. The van der Waals surface area contributed by atoms with Crippen LogP contribution in [0.1, 0.15) is 16.7 Å². The number of benzene rings is 1. The molecule has 0 atom stereocenters. The number of aromatic nitrogens is 3. The molecule has 18 heavy (non-hydrogen) atoms. The minimum Gasteiger partial charge on any atom is -0.353 e. The molecule has 0 aliphatic heterocycles. The van der Waals surface area contributed by atoms with Crippen molar-refractivity contribution < 1.29 is 0 Å². The zero-order valence-electron chi connectivity index (χ0n) is 10.2. The molecular weight excluding hydrogens is 222 g/mol. The van der Waals surface area contributed by atoms with Crippen molar-refractivity contribution in [2.45, 2.75) is 19.8 Å². The van der Waals surface area contributed by atoms with Crippen LogP contribution in [0, 0.1) is 6.92 Å². The maximum Gasteiger partial charge on any atom is 0.116 e. The predicted octanol–water partition coefficient (Wildman–Crippen LogP) is 3.03. The van der Waals surface area contributed by atoms with E-state index in [1.807, 2.05) is 6.20 Å². The van der Waals surface area contributed by atoms with Crippen molar-refractivity contribution in [1.82, 2.24) is 15.0 Å². The summed E-state index contributed by atoms with van der Waals surface area (Å²) in [6.45, 7) is 2.14. The Morgan fingerprint density at radius 3 is 3.11 bits per heavy atom. The maximum atomic E-state index is 4.44. The van der Waals surface area contributed by atoms with Gasteiger partial charge in [-0.1, -0.05) is 11.6 Å². The Hall–Kier alpha value is -2.16. The van der Waals surface area contributed by atoms with E-state index in [4.69, 9.17) is 0 Å². The van der Waals surface area contributed by atoms with E-state index in [0.717, 1.165) is 18.5 Å². The van der Waals surface area contributed by atoms with Gasteiger partial charge in [0.05, 0.1) is 11.4 Å². The van der Waals surface area contributed by atoms with E-state index in [2.05, 4.69) is 40.1 Å². The SMILES string of the molecule is Cc1ccc2[nH]c3c(c2c1)CCc1cncnc1-3. The minimum atomic E-state index is 1.03. The van der Waals surface area contributed by atoms with Crippen LogP contribution in [0.4, 0.5) is 0 Å². The second-order valence-electron chi connectivity index (χ2n) is 4.92. The Bertz CT molecular complexity index is 756. The summed E-state index contributed by atoms with van der Waals surface area (Å²) in [6.07, 6.45) is 5.66. The number of rotatable bonds is 0. The third kappa shape index (κ3) is 1.24. The van der Waals surface area contributed by atoms with E-state index in [1.165, 1.54) is 33.3 Å². The number of hydrogen-bond acceptors (Lipinski definition) is 2. The van der Waals surface area contributed by atoms with Crippen LogP contribution in [0.15, 0.2) is 30.7 Å². The van der Waals surface area contributed by atoms with Gasteiger partial charge < -0.3 is 4.98 Å². The van der Waals surface area contributed by atoms with Crippen molar-refractivity contribution in [2.24, 2.45) is 0 Å². The van der Waals surface area contributed by atoms with Crippen molar-refractivity contribution in [2.75, 3.05) is 0 Å². The molecule has 0 saturated heterocycles. The van der Waals surface area contributed by atoms with Gasteiger partial charge in [0, 0.05) is 17.1 Å². The molecule has 0 unspecified atom stereocenters. The van der Waals surface area contributed by atoms with Gasteiger partial charge in [0.25, 0.3) is 0 Å². The van der Waals surface area contributed by atoms with Crippen LogP contribution in [0.5, 0.6) is 0 Å². The summed E-state index contributed by atoms with van der Waals surface area (Å²) in [5.74, 6) is 0. The van der Waals surface area contributed by atoms with E-state index < -0.39 is 0 Å². The van der Waals surface area contributed by atoms with Crippen molar-refractivity contribution in [1.29, 1.82) is 0 Å². The summed E-state index contributed by atoms with van der Waals surface area (Å²) in [5.41, 5.74) is 7.40. The zero-order valence-corrected chi connectivity index (χ0v) is 10.2. The number of nitrogens with zero attached hydrogens (tertiary/aromatic N) is 2. The number of aryl methyl sites for hydroxylation is 3. The lowest BCUT2D eigenvalue weighted by Crippen LogP contribution is -2.05. The molecule has 3 heteroatoms. The molecule has 3 aromatic rings. The monoisotopic (exact) mass is 235 g/mol. The summed E-state index contributed by atoms with van der Waals surface area (Å²) in [5, 5.41) is 1.34. The van der Waals surface area contributed by atoms with E-state index in [9.17, 15) is 0 Å². The first-order chi connectivity index (χ1) is 8.83. The predicted molar refractivity (Wildman–Crippen MR) is 71.5 cm³/mol. The normalized spacial score (nSPS) is 13.4. The van der Waals surface area contributed by atoms with E-state index in [0.29, 0.717) is 0 Å². The third-order valence-corrected chi connectivity index (χ3v) is 3.73. The first-order valence-electron chi connectivity index (χ1n) is 6.23. The van der Waals surface area contributed by atoms with Gasteiger partial charge in [-0.25, -0.2) is 9.97 Å². The highest BCUT2D eigenvalue weighted by atomic mass is 14.9. The molecule has 0 amide bonds. The Morgan fingerprint density at radius 1 is 1.22 bits per heavy atom. The van der Waals surface area contributed by atoms with Crippen molar-refractivity contribution >= 4 is 10.9 Å². The van der Waals surface area contributed by atoms with Gasteiger partial charge in [0.1, 0.15) is 6.33 Å². The first kappa shape index (κ1) is 9.83. The Kier molecular flexibility index (Phi) is 1.87. The van der Waals surface area contributed by atoms with Gasteiger partial charge >= 0.3 is 0 Å². The fraction of sp³-hybridized carbons (Fsp3) is 0.200. The van der Waals surface area contributed by atoms with Crippen molar-refractivity contribution in [3.05, 3.63) is 47.4 Å². The van der Waals surface area contributed by atoms with Crippen LogP contribution < -0.4 is 0 Å². The molecule has 4 rings (SSSR count). The molecule has 0 spiro atoms. The first-order valence-corrected chi connectivity index (χ1v) is 6.23. The van der Waals surface area contributed by atoms with Gasteiger partial charge in [-0.05, 0) is 43.0 Å². The second-order valence-corrected chi connectivity index (χ2v) is 4.92. The molecule has 0 radical (unpaired) electrons. The lowest BCUT2D eigenvalue weighted by Gasteiger charge is -2.14. The lowest BCUT2D eigenvalue weighted by atomic mass is 9.93. The molecule has 1 aromatic carbocycles. The van der Waals surface area contributed by atoms with Crippen LogP contribution in [-0.4, -0.2) is 15.0 Å². The molecule has 0 fully saturated rings. The third-order valence-electron chi connectivity index (χ3n) is 3.73. The Morgan fingerprint density at radius 2 is 2.17 bits per heavy atom. The van der Waals surface area contributed by atoms with Crippen LogP contribution in [0.3, 0.4) is 0 Å². The van der Waals surface area contributed by atoms with Crippen LogP contribution in [0.2, 0.25) is 0 Å². The highest BCUT2D eigenvalue weighted by Crippen LogP contribution is 2.35. The van der Waals surface area contributed by atoms with Gasteiger partial charge in [-0.15, -0.1) is 0 Å². The lowest BCUT2D eigenvalue weighted by molar-refractivity contribution is 0.913. The summed E-state index contributed by atoms with van der Waals surface area (Å²) >= 11 is 0. The summed E-state index contributed by atoms with van der Waals surface area (Å²) in [7, 11) is 0. The minimum absolute atomic E-state index is 1.03. The fourth-order valence-electron chi connectivity index (χ4n) is 2.85. The second kappa shape index (κ2) is 3.42. The van der Waals surface area contributed by atoms with E-state index >= 15 is 0 Å². The number of hydrogen-bond donors (Lipinski definition) is 1. The zero-order chi connectivity index (χ0) is 12.1. The molecule has 2 heterocycles. The smallest absolute Gasteiger partial charge is 0.116 e. The van der Waals surface area contributed by atoms with E-state index in [-0.39, 0.29) is 0 Å². The molecule has 0 saturated carbocycles. The molecule has 88 valence electrons. The molecule has 1 aliphatic carbocycles. The summed E-state index contributed by atoms with van der Waals surface area (Å²) < 4.78 is 0.